The minimum atomic E-state index is -0.354. The maximum atomic E-state index is 13.9. The standard InChI is InChI=1S/C18H15FN2S/c1-2-3-4-13-5-7-14(8-6-13)9-10-15-11-17-18(12-16(15)19)21-22-20-17/h5-8,11-12H,2-4H2,1H3. The smallest absolute Gasteiger partial charge is 0.141 e. The minimum Gasteiger partial charge on any atom is -0.206 e. The SMILES string of the molecule is CCCCc1ccc(C#Cc2cc3nsnc3cc2F)cc1. The van der Waals surface area contributed by atoms with E-state index in [0.29, 0.717) is 16.6 Å². The molecular weight excluding hydrogens is 295 g/mol. The summed E-state index contributed by atoms with van der Waals surface area (Å²) in [6, 6.07) is 11.2. The van der Waals surface area contributed by atoms with Gasteiger partial charge in [-0.1, -0.05) is 37.3 Å². The highest BCUT2D eigenvalue weighted by Crippen LogP contribution is 2.17. The Kier molecular flexibility index (Phi) is 4.45. The number of fused-ring (bicyclic) bond motifs is 1. The molecule has 22 heavy (non-hydrogen) atoms. The van der Waals surface area contributed by atoms with E-state index in [4.69, 9.17) is 0 Å². The Morgan fingerprint density at radius 2 is 1.77 bits per heavy atom. The third-order valence-electron chi connectivity index (χ3n) is 3.46. The molecule has 0 aliphatic carbocycles. The number of rotatable bonds is 3. The van der Waals surface area contributed by atoms with Crippen LogP contribution in [0.25, 0.3) is 11.0 Å². The van der Waals surface area contributed by atoms with Crippen LogP contribution in [0.3, 0.4) is 0 Å². The van der Waals surface area contributed by atoms with Gasteiger partial charge in [0.05, 0.1) is 17.3 Å². The molecule has 1 aromatic heterocycles. The first-order valence-corrected chi connectivity index (χ1v) is 8.02. The number of hydrogen-bond acceptors (Lipinski definition) is 3. The Morgan fingerprint density at radius 1 is 1.05 bits per heavy atom. The second-order valence-corrected chi connectivity index (χ2v) is 5.66. The monoisotopic (exact) mass is 310 g/mol. The molecule has 0 N–H and O–H groups in total. The molecule has 0 radical (unpaired) electrons. The highest BCUT2D eigenvalue weighted by atomic mass is 32.1. The Morgan fingerprint density at radius 3 is 2.50 bits per heavy atom. The van der Waals surface area contributed by atoms with Gasteiger partial charge in [-0.3, -0.25) is 0 Å². The zero-order valence-corrected chi connectivity index (χ0v) is 13.1. The number of nitrogens with zero attached hydrogens (tertiary/aromatic N) is 2. The molecule has 2 aromatic carbocycles. The average Bonchev–Trinajstić information content (AvgIpc) is 2.98. The van der Waals surface area contributed by atoms with Gasteiger partial charge in [-0.15, -0.1) is 0 Å². The van der Waals surface area contributed by atoms with Gasteiger partial charge in [0.15, 0.2) is 0 Å². The predicted molar refractivity (Wildman–Crippen MR) is 88.4 cm³/mol. The molecule has 1 heterocycles. The Bertz CT molecular complexity index is 841. The second kappa shape index (κ2) is 6.67. The van der Waals surface area contributed by atoms with Gasteiger partial charge in [0.1, 0.15) is 16.9 Å². The molecule has 3 rings (SSSR count). The summed E-state index contributed by atoms with van der Waals surface area (Å²) in [5, 5.41) is 0. The summed E-state index contributed by atoms with van der Waals surface area (Å²) >= 11 is 1.08. The van der Waals surface area contributed by atoms with Crippen molar-refractivity contribution in [1.29, 1.82) is 0 Å². The summed E-state index contributed by atoms with van der Waals surface area (Å²) in [6.45, 7) is 2.18. The van der Waals surface area contributed by atoms with E-state index in [9.17, 15) is 4.39 Å². The molecule has 0 spiro atoms. The van der Waals surface area contributed by atoms with E-state index in [1.165, 1.54) is 24.5 Å². The third kappa shape index (κ3) is 3.32. The summed E-state index contributed by atoms with van der Waals surface area (Å²) < 4.78 is 22.1. The zero-order chi connectivity index (χ0) is 15.4. The first-order valence-electron chi connectivity index (χ1n) is 7.29. The fourth-order valence-electron chi connectivity index (χ4n) is 2.18. The Labute approximate surface area is 133 Å². The molecule has 4 heteroatoms. The van der Waals surface area contributed by atoms with Crippen molar-refractivity contribution < 1.29 is 4.39 Å². The van der Waals surface area contributed by atoms with Gasteiger partial charge in [0.25, 0.3) is 0 Å². The van der Waals surface area contributed by atoms with Crippen molar-refractivity contribution in [2.24, 2.45) is 0 Å². The van der Waals surface area contributed by atoms with E-state index in [1.807, 2.05) is 12.1 Å². The number of hydrogen-bond donors (Lipinski definition) is 0. The van der Waals surface area contributed by atoms with Crippen LogP contribution in [0, 0.1) is 17.7 Å². The van der Waals surface area contributed by atoms with Gasteiger partial charge in [-0.05, 0) is 36.6 Å². The normalized spacial score (nSPS) is 10.5. The highest BCUT2D eigenvalue weighted by molar-refractivity contribution is 7.00. The maximum absolute atomic E-state index is 13.9. The number of halogens is 1. The molecule has 0 saturated carbocycles. The molecule has 0 fully saturated rings. The van der Waals surface area contributed by atoms with Crippen LogP contribution in [0.2, 0.25) is 0 Å². The van der Waals surface area contributed by atoms with Gasteiger partial charge < -0.3 is 0 Å². The van der Waals surface area contributed by atoms with Crippen LogP contribution in [0.5, 0.6) is 0 Å². The van der Waals surface area contributed by atoms with Crippen LogP contribution < -0.4 is 0 Å². The van der Waals surface area contributed by atoms with Crippen LogP contribution >= 0.6 is 11.7 Å². The lowest BCUT2D eigenvalue weighted by molar-refractivity contribution is 0.626. The molecule has 2 nitrogen and oxygen atoms in total. The molecule has 0 aliphatic rings. The van der Waals surface area contributed by atoms with E-state index >= 15 is 0 Å². The van der Waals surface area contributed by atoms with E-state index < -0.39 is 0 Å². The highest BCUT2D eigenvalue weighted by Gasteiger charge is 2.05. The van der Waals surface area contributed by atoms with Crippen molar-refractivity contribution in [2.45, 2.75) is 26.2 Å². The molecule has 110 valence electrons. The fraction of sp³-hybridized carbons (Fsp3) is 0.222. The molecule has 0 saturated heterocycles. The third-order valence-corrected chi connectivity index (χ3v) is 4.01. The lowest BCUT2D eigenvalue weighted by Gasteiger charge is -1.99. The lowest BCUT2D eigenvalue weighted by Crippen LogP contribution is -1.86. The number of aryl methyl sites for hydroxylation is 1. The Balaban J connectivity index is 1.82. The fourth-order valence-corrected chi connectivity index (χ4v) is 2.69. The molecule has 0 atom stereocenters. The first kappa shape index (κ1) is 14.7. The van der Waals surface area contributed by atoms with Crippen LogP contribution in [0.15, 0.2) is 36.4 Å². The largest absolute Gasteiger partial charge is 0.206 e. The quantitative estimate of drug-likeness (QED) is 0.662. The number of aromatic nitrogens is 2. The summed E-state index contributed by atoms with van der Waals surface area (Å²) in [6.07, 6.45) is 3.47. The zero-order valence-electron chi connectivity index (χ0n) is 12.3. The number of unbranched alkanes of at least 4 members (excludes halogenated alkanes) is 1. The molecule has 0 amide bonds. The van der Waals surface area contributed by atoms with Crippen LogP contribution in [-0.4, -0.2) is 8.75 Å². The molecule has 0 unspecified atom stereocenters. The number of benzene rings is 2. The Hall–Kier alpha value is -2.25. The molecule has 0 bridgehead atoms. The van der Waals surface area contributed by atoms with Crippen LogP contribution in [0.4, 0.5) is 4.39 Å². The predicted octanol–water partition coefficient (Wildman–Crippen LogP) is 4.57. The van der Waals surface area contributed by atoms with Crippen molar-refractivity contribution in [2.75, 3.05) is 0 Å². The second-order valence-electron chi connectivity index (χ2n) is 5.14. The lowest BCUT2D eigenvalue weighted by atomic mass is 10.1. The minimum absolute atomic E-state index is 0.354. The van der Waals surface area contributed by atoms with Crippen molar-refractivity contribution in [3.63, 3.8) is 0 Å². The summed E-state index contributed by atoms with van der Waals surface area (Å²) in [5.74, 6) is 5.54. The van der Waals surface area contributed by atoms with E-state index in [0.717, 1.165) is 23.7 Å². The van der Waals surface area contributed by atoms with Crippen molar-refractivity contribution in [3.8, 4) is 11.8 Å². The summed E-state index contributed by atoms with van der Waals surface area (Å²) in [4.78, 5) is 0. The maximum Gasteiger partial charge on any atom is 0.141 e. The van der Waals surface area contributed by atoms with Crippen molar-refractivity contribution in [1.82, 2.24) is 8.75 Å². The van der Waals surface area contributed by atoms with Gasteiger partial charge in [0.2, 0.25) is 0 Å². The van der Waals surface area contributed by atoms with Crippen molar-refractivity contribution >= 4 is 22.8 Å². The van der Waals surface area contributed by atoms with Crippen LogP contribution in [-0.2, 0) is 6.42 Å². The van der Waals surface area contributed by atoms with Gasteiger partial charge in [0, 0.05) is 11.6 Å². The molecule has 0 aliphatic heterocycles. The van der Waals surface area contributed by atoms with E-state index in [-0.39, 0.29) is 5.82 Å². The van der Waals surface area contributed by atoms with Crippen molar-refractivity contribution in [3.05, 3.63) is 58.9 Å². The van der Waals surface area contributed by atoms with Gasteiger partial charge in [-0.2, -0.15) is 8.75 Å². The van der Waals surface area contributed by atoms with E-state index in [1.54, 1.807) is 6.07 Å². The summed E-state index contributed by atoms with van der Waals surface area (Å²) in [5.41, 5.74) is 3.82. The van der Waals surface area contributed by atoms with E-state index in [2.05, 4.69) is 39.6 Å². The molecule has 3 aromatic rings. The summed E-state index contributed by atoms with van der Waals surface area (Å²) in [7, 11) is 0. The topological polar surface area (TPSA) is 25.8 Å². The first-order chi connectivity index (χ1) is 10.8. The average molecular weight is 310 g/mol. The molecular formula is C18H15FN2S. The van der Waals surface area contributed by atoms with Gasteiger partial charge >= 0.3 is 0 Å². The van der Waals surface area contributed by atoms with Crippen LogP contribution in [0.1, 0.15) is 36.5 Å². The van der Waals surface area contributed by atoms with Gasteiger partial charge in [-0.25, -0.2) is 4.39 Å².